The molecule has 124 valence electrons. The monoisotopic (exact) mass is 384 g/mol. The lowest BCUT2D eigenvalue weighted by atomic mass is 9.75. The van der Waals surface area contributed by atoms with Crippen LogP contribution in [0.15, 0.2) is 47.5 Å². The van der Waals surface area contributed by atoms with Gasteiger partial charge in [-0.05, 0) is 58.5 Å². The van der Waals surface area contributed by atoms with Gasteiger partial charge in [0, 0.05) is 35.3 Å². The third-order valence-electron chi connectivity index (χ3n) is 4.91. The Labute approximate surface area is 151 Å². The van der Waals surface area contributed by atoms with Crippen LogP contribution in [0.4, 0.5) is 5.69 Å². The molecule has 1 aliphatic rings. The summed E-state index contributed by atoms with van der Waals surface area (Å²) >= 11 is 3.49. The molecule has 0 saturated heterocycles. The Balaban J connectivity index is 1.96. The normalized spacial score (nSPS) is 19.5. The van der Waals surface area contributed by atoms with Gasteiger partial charge in [0.05, 0.1) is 17.9 Å². The SMILES string of the molecule is CN(c1ccc(C#N)c(Br)c1)C1C=C(n2ccnc2)CCC1(C)C. The third kappa shape index (κ3) is 3.11. The van der Waals surface area contributed by atoms with E-state index in [4.69, 9.17) is 5.26 Å². The van der Waals surface area contributed by atoms with Gasteiger partial charge in [0.15, 0.2) is 0 Å². The van der Waals surface area contributed by atoms with Crippen molar-refractivity contribution in [1.82, 2.24) is 9.55 Å². The highest BCUT2D eigenvalue weighted by Gasteiger charge is 2.35. The number of hydrogen-bond acceptors (Lipinski definition) is 3. The number of allylic oxidation sites excluding steroid dienone is 1. The average Bonchev–Trinajstić information content (AvgIpc) is 3.08. The van der Waals surface area contributed by atoms with Crippen molar-refractivity contribution >= 4 is 27.3 Å². The van der Waals surface area contributed by atoms with Crippen molar-refractivity contribution in [3.8, 4) is 6.07 Å². The van der Waals surface area contributed by atoms with E-state index in [-0.39, 0.29) is 11.5 Å². The van der Waals surface area contributed by atoms with Crippen LogP contribution in [0, 0.1) is 16.7 Å². The Hall–Kier alpha value is -2.06. The molecule has 0 fully saturated rings. The topological polar surface area (TPSA) is 44.9 Å². The summed E-state index contributed by atoms with van der Waals surface area (Å²) in [5.74, 6) is 0. The van der Waals surface area contributed by atoms with Crippen molar-refractivity contribution in [3.05, 3.63) is 53.0 Å². The fourth-order valence-corrected chi connectivity index (χ4v) is 3.80. The molecule has 0 spiro atoms. The Morgan fingerprint density at radius 3 is 2.83 bits per heavy atom. The van der Waals surface area contributed by atoms with E-state index in [1.54, 1.807) is 0 Å². The molecular weight excluding hydrogens is 364 g/mol. The number of imidazole rings is 1. The van der Waals surface area contributed by atoms with Crippen molar-refractivity contribution in [1.29, 1.82) is 5.26 Å². The van der Waals surface area contributed by atoms with Gasteiger partial charge in [-0.25, -0.2) is 4.98 Å². The molecule has 1 aliphatic carbocycles. The number of likely N-dealkylation sites (N-methyl/N-ethyl adjacent to an activating group) is 1. The summed E-state index contributed by atoms with van der Waals surface area (Å²) in [7, 11) is 2.12. The summed E-state index contributed by atoms with van der Waals surface area (Å²) in [6, 6.07) is 8.36. The number of halogens is 1. The predicted octanol–water partition coefficient (Wildman–Crippen LogP) is 4.68. The summed E-state index contributed by atoms with van der Waals surface area (Å²) in [6.07, 6.45) is 10.2. The minimum Gasteiger partial charge on any atom is -0.368 e. The molecule has 1 heterocycles. The zero-order chi connectivity index (χ0) is 17.3. The zero-order valence-corrected chi connectivity index (χ0v) is 15.8. The molecule has 3 rings (SSSR count). The number of benzene rings is 1. The van der Waals surface area contributed by atoms with E-state index in [9.17, 15) is 0 Å². The molecule has 1 aromatic heterocycles. The number of hydrogen-bond donors (Lipinski definition) is 0. The molecule has 0 N–H and O–H groups in total. The highest BCUT2D eigenvalue weighted by atomic mass is 79.9. The molecule has 2 aromatic rings. The summed E-state index contributed by atoms with van der Waals surface area (Å²) < 4.78 is 2.94. The lowest BCUT2D eigenvalue weighted by Gasteiger charge is -2.43. The van der Waals surface area contributed by atoms with Gasteiger partial charge in [-0.2, -0.15) is 5.26 Å². The second kappa shape index (κ2) is 6.45. The molecule has 0 bridgehead atoms. The smallest absolute Gasteiger partial charge is 0.100 e. The minimum absolute atomic E-state index is 0.166. The molecule has 1 aromatic carbocycles. The first-order valence-electron chi connectivity index (χ1n) is 8.04. The Morgan fingerprint density at radius 1 is 1.42 bits per heavy atom. The number of nitriles is 1. The van der Waals surface area contributed by atoms with E-state index in [0.29, 0.717) is 5.56 Å². The van der Waals surface area contributed by atoms with E-state index in [0.717, 1.165) is 23.0 Å². The van der Waals surface area contributed by atoms with Crippen molar-refractivity contribution in [2.75, 3.05) is 11.9 Å². The summed E-state index contributed by atoms with van der Waals surface area (Å²) in [5.41, 5.74) is 3.21. The maximum atomic E-state index is 9.11. The van der Waals surface area contributed by atoms with Gasteiger partial charge in [0.25, 0.3) is 0 Å². The standard InChI is InChI=1S/C19H21BrN4/c1-19(2)7-6-16(24-9-8-22-13-24)11-18(19)23(3)15-5-4-14(12-21)17(20)10-15/h4-5,8-11,13,18H,6-7H2,1-3H3. The van der Waals surface area contributed by atoms with Crippen LogP contribution in [-0.2, 0) is 0 Å². The van der Waals surface area contributed by atoms with Crippen LogP contribution in [0.25, 0.3) is 5.70 Å². The second-order valence-corrected chi connectivity index (χ2v) is 7.80. The largest absolute Gasteiger partial charge is 0.368 e. The molecule has 1 atom stereocenters. The minimum atomic E-state index is 0.166. The van der Waals surface area contributed by atoms with E-state index in [1.165, 1.54) is 5.70 Å². The quantitative estimate of drug-likeness (QED) is 0.771. The maximum absolute atomic E-state index is 9.11. The van der Waals surface area contributed by atoms with Crippen LogP contribution in [0.5, 0.6) is 0 Å². The third-order valence-corrected chi connectivity index (χ3v) is 5.57. The molecule has 4 nitrogen and oxygen atoms in total. The molecule has 0 aliphatic heterocycles. The fourth-order valence-electron chi connectivity index (χ4n) is 3.34. The van der Waals surface area contributed by atoms with Gasteiger partial charge in [-0.15, -0.1) is 0 Å². The van der Waals surface area contributed by atoms with Gasteiger partial charge in [0.2, 0.25) is 0 Å². The highest BCUT2D eigenvalue weighted by Crippen LogP contribution is 2.40. The van der Waals surface area contributed by atoms with Gasteiger partial charge in [-0.3, -0.25) is 0 Å². The van der Waals surface area contributed by atoms with Gasteiger partial charge >= 0.3 is 0 Å². The lowest BCUT2D eigenvalue weighted by molar-refractivity contribution is 0.283. The highest BCUT2D eigenvalue weighted by molar-refractivity contribution is 9.10. The molecular formula is C19H21BrN4. The Bertz CT molecular complexity index is 799. The molecule has 0 saturated carbocycles. The molecule has 0 amide bonds. The zero-order valence-electron chi connectivity index (χ0n) is 14.2. The number of aromatic nitrogens is 2. The van der Waals surface area contributed by atoms with Gasteiger partial charge < -0.3 is 9.47 Å². The first-order valence-corrected chi connectivity index (χ1v) is 8.83. The van der Waals surface area contributed by atoms with Crippen molar-refractivity contribution in [2.45, 2.75) is 32.7 Å². The van der Waals surface area contributed by atoms with Crippen LogP contribution in [0.2, 0.25) is 0 Å². The van der Waals surface area contributed by atoms with Crippen molar-refractivity contribution < 1.29 is 0 Å². The number of nitrogens with zero attached hydrogens (tertiary/aromatic N) is 4. The van der Waals surface area contributed by atoms with Crippen LogP contribution in [0.1, 0.15) is 32.3 Å². The maximum Gasteiger partial charge on any atom is 0.100 e. The molecule has 24 heavy (non-hydrogen) atoms. The molecule has 0 radical (unpaired) electrons. The van der Waals surface area contributed by atoms with E-state index in [1.807, 2.05) is 36.9 Å². The Morgan fingerprint density at radius 2 is 2.21 bits per heavy atom. The van der Waals surface area contributed by atoms with Crippen molar-refractivity contribution in [2.24, 2.45) is 5.41 Å². The number of anilines is 1. The molecule has 5 heteroatoms. The van der Waals surface area contributed by atoms with E-state index < -0.39 is 0 Å². The van der Waals surface area contributed by atoms with Crippen LogP contribution in [-0.4, -0.2) is 22.6 Å². The fraction of sp³-hybridized carbons (Fsp3) is 0.368. The van der Waals surface area contributed by atoms with Crippen LogP contribution >= 0.6 is 15.9 Å². The first kappa shape index (κ1) is 16.8. The van der Waals surface area contributed by atoms with Crippen LogP contribution in [0.3, 0.4) is 0 Å². The van der Waals surface area contributed by atoms with Gasteiger partial charge in [-0.1, -0.05) is 13.8 Å². The lowest BCUT2D eigenvalue weighted by Crippen LogP contribution is -2.44. The number of rotatable bonds is 3. The first-order chi connectivity index (χ1) is 11.4. The Kier molecular flexibility index (Phi) is 4.51. The second-order valence-electron chi connectivity index (χ2n) is 6.95. The van der Waals surface area contributed by atoms with Crippen LogP contribution < -0.4 is 4.90 Å². The summed E-state index contributed by atoms with van der Waals surface area (Å²) in [6.45, 7) is 4.63. The molecule has 1 unspecified atom stereocenters. The summed E-state index contributed by atoms with van der Waals surface area (Å²) in [4.78, 5) is 6.46. The van der Waals surface area contributed by atoms with Crippen molar-refractivity contribution in [3.63, 3.8) is 0 Å². The predicted molar refractivity (Wildman–Crippen MR) is 101 cm³/mol. The average molecular weight is 385 g/mol. The van der Waals surface area contributed by atoms with E-state index >= 15 is 0 Å². The van der Waals surface area contributed by atoms with Gasteiger partial charge in [0.1, 0.15) is 6.07 Å². The summed E-state index contributed by atoms with van der Waals surface area (Å²) in [5, 5.41) is 9.11. The van der Waals surface area contributed by atoms with E-state index in [2.05, 4.69) is 63.4 Å².